The van der Waals surface area contributed by atoms with Gasteiger partial charge in [0.25, 0.3) is 0 Å². The number of pyridine rings is 1. The van der Waals surface area contributed by atoms with E-state index in [9.17, 15) is 14.7 Å². The number of hydrogen-bond acceptors (Lipinski definition) is 7. The van der Waals surface area contributed by atoms with Crippen molar-refractivity contribution < 1.29 is 23.4 Å². The Balaban J connectivity index is 1.58. The van der Waals surface area contributed by atoms with Gasteiger partial charge in [0, 0.05) is 31.2 Å². The number of aryl methyl sites for hydroxylation is 2. The monoisotopic (exact) mass is 470 g/mol. The number of hydrogen-bond donors (Lipinski definition) is 2. The molecule has 2 fully saturated rings. The van der Waals surface area contributed by atoms with Gasteiger partial charge in [0.15, 0.2) is 11.6 Å². The summed E-state index contributed by atoms with van der Waals surface area (Å²) in [6, 6.07) is 0.744. The fourth-order valence-corrected chi connectivity index (χ4v) is 4.85. The Morgan fingerprint density at radius 1 is 1.35 bits per heavy atom. The van der Waals surface area contributed by atoms with Crippen LogP contribution in [-0.2, 0) is 0 Å². The summed E-state index contributed by atoms with van der Waals surface area (Å²) < 4.78 is 28.6. The number of methoxy groups -OCH3 is 1. The number of nitrogens with two attached hydrogens (primary N) is 1. The maximum Gasteiger partial charge on any atom is 0.341 e. The third kappa shape index (κ3) is 3.53. The number of anilines is 1. The molecule has 1 saturated carbocycles. The summed E-state index contributed by atoms with van der Waals surface area (Å²) in [6.07, 6.45) is 3.76. The summed E-state index contributed by atoms with van der Waals surface area (Å²) in [5.41, 5.74) is 6.81. The summed E-state index contributed by atoms with van der Waals surface area (Å²) in [7, 11) is 1.43. The lowest BCUT2D eigenvalue weighted by atomic mass is 10.00. The molecule has 5 rings (SSSR count). The van der Waals surface area contributed by atoms with Crippen LogP contribution in [-0.4, -0.2) is 40.8 Å². The predicted molar refractivity (Wildman–Crippen MR) is 123 cm³/mol. The van der Waals surface area contributed by atoms with Crippen molar-refractivity contribution in [3.8, 4) is 5.75 Å². The normalized spacial score (nSPS) is 19.1. The molecule has 9 nitrogen and oxygen atoms in total. The molecule has 0 bridgehead atoms. The smallest absolute Gasteiger partial charge is 0.341 e. The van der Waals surface area contributed by atoms with Crippen molar-refractivity contribution in [2.24, 2.45) is 11.7 Å². The SMILES string of the molecule is COc1c(N2CCC(C(N)c3nc(C)c(C)o3)C2)c(F)cc2c(=O)c(C(=O)O)cn(C3CC3)c12. The van der Waals surface area contributed by atoms with Gasteiger partial charge in [-0.3, -0.25) is 4.79 Å². The molecular weight excluding hydrogens is 443 g/mol. The summed E-state index contributed by atoms with van der Waals surface area (Å²) in [6.45, 7) is 4.70. The molecule has 180 valence electrons. The number of carbonyl (C=O) groups is 1. The Labute approximate surface area is 194 Å². The first-order valence-corrected chi connectivity index (χ1v) is 11.3. The highest BCUT2D eigenvalue weighted by Gasteiger charge is 2.36. The number of aromatic nitrogens is 2. The van der Waals surface area contributed by atoms with Gasteiger partial charge in [-0.1, -0.05) is 0 Å². The number of carboxylic acids is 1. The molecule has 1 aliphatic heterocycles. The standard InChI is InChI=1S/C24H27FN4O5/c1-11-12(2)34-23(27-11)18(26)13-6-7-28(9-13)20-17(25)8-15-19(22(20)33-3)29(14-4-5-14)10-16(21(15)30)24(31)32/h8,10,13-14,18H,4-7,9,26H2,1-3H3,(H,31,32). The van der Waals surface area contributed by atoms with Crippen LogP contribution in [0.25, 0.3) is 10.9 Å². The molecule has 0 amide bonds. The first-order valence-electron chi connectivity index (χ1n) is 11.3. The van der Waals surface area contributed by atoms with E-state index in [1.807, 2.05) is 18.7 Å². The lowest BCUT2D eigenvalue weighted by Gasteiger charge is -2.25. The molecule has 10 heteroatoms. The predicted octanol–water partition coefficient (Wildman–Crippen LogP) is 3.31. The molecule has 2 aromatic heterocycles. The van der Waals surface area contributed by atoms with Crippen LogP contribution in [0.15, 0.2) is 21.5 Å². The highest BCUT2D eigenvalue weighted by Crippen LogP contribution is 2.45. The number of fused-ring (bicyclic) bond motifs is 1. The van der Waals surface area contributed by atoms with Crippen molar-refractivity contribution in [2.45, 2.75) is 45.2 Å². The molecule has 3 heterocycles. The number of benzene rings is 1. The van der Waals surface area contributed by atoms with Gasteiger partial charge in [-0.2, -0.15) is 0 Å². The molecule has 0 radical (unpaired) electrons. The van der Waals surface area contributed by atoms with Crippen LogP contribution in [0.2, 0.25) is 0 Å². The van der Waals surface area contributed by atoms with Crippen molar-refractivity contribution in [3.05, 3.63) is 51.2 Å². The van der Waals surface area contributed by atoms with Crippen molar-refractivity contribution in [2.75, 3.05) is 25.1 Å². The minimum atomic E-state index is -1.34. The zero-order valence-electron chi connectivity index (χ0n) is 19.3. The minimum absolute atomic E-state index is 0.00286. The Hall–Kier alpha value is -3.40. The molecular formula is C24H27FN4O5. The number of carboxylic acid groups (broad SMARTS) is 1. The molecule has 0 spiro atoms. The van der Waals surface area contributed by atoms with Crippen molar-refractivity contribution in [1.82, 2.24) is 9.55 Å². The Bertz CT molecular complexity index is 1340. The molecule has 2 atom stereocenters. The lowest BCUT2D eigenvalue weighted by molar-refractivity contribution is 0.0694. The van der Waals surface area contributed by atoms with Crippen molar-refractivity contribution in [3.63, 3.8) is 0 Å². The maximum atomic E-state index is 15.5. The first-order chi connectivity index (χ1) is 16.2. The van der Waals surface area contributed by atoms with Crippen LogP contribution in [0.1, 0.15) is 59.0 Å². The lowest BCUT2D eigenvalue weighted by Crippen LogP contribution is -2.27. The topological polar surface area (TPSA) is 124 Å². The van der Waals surface area contributed by atoms with E-state index in [1.54, 1.807) is 4.57 Å². The van der Waals surface area contributed by atoms with Gasteiger partial charge in [0.1, 0.15) is 17.0 Å². The number of rotatable bonds is 6. The third-order valence-corrected chi connectivity index (χ3v) is 6.95. The number of oxazole rings is 1. The molecule has 3 aromatic rings. The van der Waals surface area contributed by atoms with E-state index in [4.69, 9.17) is 14.9 Å². The van der Waals surface area contributed by atoms with Gasteiger partial charge >= 0.3 is 5.97 Å². The molecule has 2 aliphatic rings. The van der Waals surface area contributed by atoms with Gasteiger partial charge in [-0.15, -0.1) is 0 Å². The fourth-order valence-electron chi connectivity index (χ4n) is 4.85. The second-order valence-electron chi connectivity index (χ2n) is 9.17. The van der Waals surface area contributed by atoms with Crippen LogP contribution in [0.3, 0.4) is 0 Å². The summed E-state index contributed by atoms with van der Waals surface area (Å²) in [5, 5.41) is 9.50. The molecule has 1 saturated heterocycles. The second kappa shape index (κ2) is 8.12. The van der Waals surface area contributed by atoms with Crippen LogP contribution in [0, 0.1) is 25.6 Å². The van der Waals surface area contributed by atoms with Gasteiger partial charge in [0.2, 0.25) is 11.3 Å². The third-order valence-electron chi connectivity index (χ3n) is 6.95. The summed E-state index contributed by atoms with van der Waals surface area (Å²) >= 11 is 0. The summed E-state index contributed by atoms with van der Waals surface area (Å²) in [5.74, 6) is -0.565. The van der Waals surface area contributed by atoms with Crippen LogP contribution >= 0.6 is 0 Å². The van der Waals surface area contributed by atoms with E-state index in [2.05, 4.69) is 4.98 Å². The van der Waals surface area contributed by atoms with Gasteiger partial charge in [-0.25, -0.2) is 14.2 Å². The Kier molecular flexibility index (Phi) is 5.35. The van der Waals surface area contributed by atoms with Gasteiger partial charge in [0.05, 0.1) is 29.7 Å². The van der Waals surface area contributed by atoms with Gasteiger partial charge in [-0.05, 0) is 39.2 Å². The van der Waals surface area contributed by atoms with E-state index in [0.717, 1.165) is 30.4 Å². The summed E-state index contributed by atoms with van der Waals surface area (Å²) in [4.78, 5) is 30.8. The van der Waals surface area contributed by atoms with E-state index >= 15 is 4.39 Å². The zero-order chi connectivity index (χ0) is 24.3. The largest absolute Gasteiger partial charge is 0.492 e. The van der Waals surface area contributed by atoms with Crippen LogP contribution < -0.4 is 20.8 Å². The number of halogens is 1. The van der Waals surface area contributed by atoms with Crippen LogP contribution in [0.5, 0.6) is 5.75 Å². The molecule has 34 heavy (non-hydrogen) atoms. The van der Waals surface area contributed by atoms with E-state index < -0.39 is 23.3 Å². The van der Waals surface area contributed by atoms with E-state index in [-0.39, 0.29) is 34.3 Å². The Morgan fingerprint density at radius 2 is 2.09 bits per heavy atom. The fraction of sp³-hybridized carbons (Fsp3) is 0.458. The van der Waals surface area contributed by atoms with E-state index in [0.29, 0.717) is 30.9 Å². The maximum absolute atomic E-state index is 15.5. The van der Waals surface area contributed by atoms with Gasteiger partial charge < -0.3 is 29.5 Å². The van der Waals surface area contributed by atoms with Crippen molar-refractivity contribution >= 4 is 22.6 Å². The second-order valence-corrected chi connectivity index (χ2v) is 9.17. The van der Waals surface area contributed by atoms with Crippen LogP contribution in [0.4, 0.5) is 10.1 Å². The molecule has 1 aliphatic carbocycles. The number of nitrogens with zero attached hydrogens (tertiary/aromatic N) is 3. The number of aromatic carboxylic acids is 1. The molecule has 3 N–H and O–H groups in total. The van der Waals surface area contributed by atoms with E-state index in [1.165, 1.54) is 13.3 Å². The highest BCUT2D eigenvalue weighted by atomic mass is 19.1. The first kappa shape index (κ1) is 22.4. The van der Waals surface area contributed by atoms with Crippen molar-refractivity contribution in [1.29, 1.82) is 0 Å². The Morgan fingerprint density at radius 3 is 2.68 bits per heavy atom. The highest BCUT2D eigenvalue weighted by molar-refractivity contribution is 5.97. The number of ether oxygens (including phenoxy) is 1. The molecule has 2 unspecified atom stereocenters. The average Bonchev–Trinajstić information content (AvgIpc) is 3.43. The quantitative estimate of drug-likeness (QED) is 0.562. The minimum Gasteiger partial charge on any atom is -0.492 e. The zero-order valence-corrected chi connectivity index (χ0v) is 19.3. The average molecular weight is 471 g/mol. The molecule has 1 aromatic carbocycles.